The third-order valence-electron chi connectivity index (χ3n) is 0.182. The highest BCUT2D eigenvalue weighted by Gasteiger charge is 1.89. The van der Waals surface area contributed by atoms with Crippen molar-refractivity contribution >= 4 is 6.22 Å². The first-order valence-electron chi connectivity index (χ1n) is 1.30. The largest absolute Gasteiger partial charge is 0.514 e. The first-order valence-corrected chi connectivity index (χ1v) is 1.30. The van der Waals surface area contributed by atoms with E-state index in [0.717, 1.165) is 0 Å². The van der Waals surface area contributed by atoms with Gasteiger partial charge in [0.2, 0.25) is 0 Å². The minimum Gasteiger partial charge on any atom is -0.345 e. The Bertz CT molecular complexity index is 55.5. The Hall–Kier alpha value is -0.640. The molecule has 0 saturated carbocycles. The van der Waals surface area contributed by atoms with Crippen molar-refractivity contribution in [3.8, 4) is 0 Å². The standard InChI is InChI=1S/C2H4FNO2/c1-4-6-2(3)5/h4H,1H3. The third kappa shape index (κ3) is 3.36. The summed E-state index contributed by atoms with van der Waals surface area (Å²) in [5, 5.41) is 0. The predicted octanol–water partition coefficient (Wildman–Crippen LogP) is 0.227. The number of carbonyl (C=O) groups excluding carboxylic acids is 1. The molecule has 4 heteroatoms. The van der Waals surface area contributed by atoms with Gasteiger partial charge in [-0.3, -0.25) is 0 Å². The molecule has 0 aromatic heterocycles. The molecule has 0 fully saturated rings. The molecular weight excluding hydrogens is 89.0 g/mol. The maximum absolute atomic E-state index is 10.8. The van der Waals surface area contributed by atoms with Gasteiger partial charge in [0, 0.05) is 7.05 Å². The van der Waals surface area contributed by atoms with Gasteiger partial charge in [-0.15, -0.1) is 4.39 Å². The molecule has 0 aromatic rings. The zero-order valence-electron chi connectivity index (χ0n) is 3.19. The van der Waals surface area contributed by atoms with Gasteiger partial charge < -0.3 is 4.84 Å². The summed E-state index contributed by atoms with van der Waals surface area (Å²) in [6.07, 6.45) is -1.82. The van der Waals surface area contributed by atoms with Crippen molar-refractivity contribution in [1.82, 2.24) is 5.48 Å². The van der Waals surface area contributed by atoms with E-state index in [-0.39, 0.29) is 0 Å². The van der Waals surface area contributed by atoms with Crippen LogP contribution in [0.1, 0.15) is 0 Å². The summed E-state index contributed by atoms with van der Waals surface area (Å²) in [4.78, 5) is 12.6. The molecule has 0 spiro atoms. The topological polar surface area (TPSA) is 38.3 Å². The Balaban J connectivity index is 2.83. The molecule has 0 amide bonds. The number of hydrogen-bond donors (Lipinski definition) is 1. The van der Waals surface area contributed by atoms with Crippen molar-refractivity contribution in [2.45, 2.75) is 0 Å². The van der Waals surface area contributed by atoms with Crippen LogP contribution in [-0.4, -0.2) is 13.3 Å². The van der Waals surface area contributed by atoms with Crippen LogP contribution in [-0.2, 0) is 4.84 Å². The molecule has 6 heavy (non-hydrogen) atoms. The zero-order valence-corrected chi connectivity index (χ0v) is 3.19. The summed E-state index contributed by atoms with van der Waals surface area (Å²) in [5.74, 6) is 0. The monoisotopic (exact) mass is 93.0 g/mol. The second-order valence-electron chi connectivity index (χ2n) is 0.544. The van der Waals surface area contributed by atoms with Gasteiger partial charge in [0.05, 0.1) is 0 Å². The summed E-state index contributed by atoms with van der Waals surface area (Å²) in [6, 6.07) is 0. The van der Waals surface area contributed by atoms with E-state index >= 15 is 0 Å². The molecule has 0 aliphatic carbocycles. The maximum Gasteiger partial charge on any atom is 0.514 e. The third-order valence-corrected chi connectivity index (χ3v) is 0.182. The molecule has 0 aromatic carbocycles. The number of hydroxylamine groups is 1. The number of hydrogen-bond acceptors (Lipinski definition) is 3. The van der Waals surface area contributed by atoms with Gasteiger partial charge in [-0.05, 0) is 0 Å². The highest BCUT2D eigenvalue weighted by Crippen LogP contribution is 1.71. The summed E-state index contributed by atoms with van der Waals surface area (Å²) in [6.45, 7) is 0. The average molecular weight is 93.1 g/mol. The van der Waals surface area contributed by atoms with Crippen molar-refractivity contribution in [2.75, 3.05) is 7.05 Å². The molecule has 0 heterocycles. The van der Waals surface area contributed by atoms with Gasteiger partial charge >= 0.3 is 6.22 Å². The van der Waals surface area contributed by atoms with Gasteiger partial charge in [0.25, 0.3) is 0 Å². The fraction of sp³-hybridized carbons (Fsp3) is 0.500. The molecule has 0 saturated heterocycles. The van der Waals surface area contributed by atoms with Crippen LogP contribution in [0.2, 0.25) is 0 Å². The van der Waals surface area contributed by atoms with E-state index in [9.17, 15) is 4.39 Å². The number of nitrogens with one attached hydrogen (secondary N) is 1. The van der Waals surface area contributed by atoms with E-state index in [0.29, 0.717) is 0 Å². The Morgan fingerprint density at radius 2 is 2.50 bits per heavy atom. The predicted molar refractivity (Wildman–Crippen MR) is 16.6 cm³/mol. The number of halogens is 1. The molecule has 0 atom stereocenters. The van der Waals surface area contributed by atoms with E-state index in [2.05, 4.69) is 4.84 Å². The van der Waals surface area contributed by atoms with E-state index in [1.165, 1.54) is 7.05 Å². The maximum atomic E-state index is 10.8. The van der Waals surface area contributed by atoms with Crippen molar-refractivity contribution < 1.29 is 14.0 Å². The van der Waals surface area contributed by atoms with E-state index in [1.807, 2.05) is 5.48 Å². The smallest absolute Gasteiger partial charge is 0.345 e. The van der Waals surface area contributed by atoms with Crippen molar-refractivity contribution in [2.24, 2.45) is 0 Å². The van der Waals surface area contributed by atoms with Gasteiger partial charge in [0.1, 0.15) is 0 Å². The highest BCUT2D eigenvalue weighted by molar-refractivity contribution is 5.57. The molecule has 0 rings (SSSR count). The lowest BCUT2D eigenvalue weighted by molar-refractivity contribution is 0.0794. The van der Waals surface area contributed by atoms with Gasteiger partial charge in [-0.25, -0.2) is 4.79 Å². The van der Waals surface area contributed by atoms with E-state index in [4.69, 9.17) is 4.79 Å². The van der Waals surface area contributed by atoms with Crippen LogP contribution >= 0.6 is 0 Å². The summed E-state index contributed by atoms with van der Waals surface area (Å²) < 4.78 is 10.8. The molecule has 1 N–H and O–H groups in total. The minimum absolute atomic E-state index is 1.29. The summed E-state index contributed by atoms with van der Waals surface area (Å²) in [5.41, 5.74) is 1.84. The fourth-order valence-corrected chi connectivity index (χ4v) is 0.0802. The first-order chi connectivity index (χ1) is 2.77. The summed E-state index contributed by atoms with van der Waals surface area (Å²) in [7, 11) is 1.29. The van der Waals surface area contributed by atoms with Crippen molar-refractivity contribution in [1.29, 1.82) is 0 Å². The van der Waals surface area contributed by atoms with Gasteiger partial charge in [0.15, 0.2) is 0 Å². The van der Waals surface area contributed by atoms with E-state index in [1.54, 1.807) is 0 Å². The van der Waals surface area contributed by atoms with Crippen molar-refractivity contribution in [3.05, 3.63) is 0 Å². The van der Waals surface area contributed by atoms with Crippen LogP contribution in [0.4, 0.5) is 9.18 Å². The fourth-order valence-electron chi connectivity index (χ4n) is 0.0802. The van der Waals surface area contributed by atoms with Crippen LogP contribution in [0.3, 0.4) is 0 Å². The first kappa shape index (κ1) is 5.36. The number of rotatable bonds is 1. The Morgan fingerprint density at radius 1 is 2.00 bits per heavy atom. The molecule has 3 nitrogen and oxygen atoms in total. The van der Waals surface area contributed by atoms with Crippen LogP contribution in [0, 0.1) is 0 Å². The summed E-state index contributed by atoms with van der Waals surface area (Å²) >= 11 is 0. The van der Waals surface area contributed by atoms with Crippen LogP contribution < -0.4 is 5.48 Å². The normalized spacial score (nSPS) is 7.67. The second kappa shape index (κ2) is 2.59. The molecule has 0 radical (unpaired) electrons. The number of carbonyl (C=O) groups is 1. The van der Waals surface area contributed by atoms with E-state index < -0.39 is 6.22 Å². The quantitative estimate of drug-likeness (QED) is 0.372. The van der Waals surface area contributed by atoms with Crippen molar-refractivity contribution in [3.63, 3.8) is 0 Å². The zero-order chi connectivity index (χ0) is 4.99. The van der Waals surface area contributed by atoms with Crippen LogP contribution in [0.5, 0.6) is 0 Å². The Labute approximate surface area is 34.0 Å². The van der Waals surface area contributed by atoms with Gasteiger partial charge in [-0.1, -0.05) is 0 Å². The lowest BCUT2D eigenvalue weighted by Gasteiger charge is -1.86. The molecule has 0 unspecified atom stereocenters. The average Bonchev–Trinajstić information content (AvgIpc) is 1.35. The highest BCUT2D eigenvalue weighted by atomic mass is 19.1. The lowest BCUT2D eigenvalue weighted by atomic mass is 11.5. The molecule has 0 bridgehead atoms. The minimum atomic E-state index is -1.82. The lowest BCUT2D eigenvalue weighted by Crippen LogP contribution is -2.08. The SMILES string of the molecule is CNOC(=O)F. The van der Waals surface area contributed by atoms with Crippen LogP contribution in [0.15, 0.2) is 0 Å². The Kier molecular flexibility index (Phi) is 2.31. The van der Waals surface area contributed by atoms with Crippen LogP contribution in [0.25, 0.3) is 0 Å². The molecular formula is C2H4FNO2. The molecule has 0 aliphatic heterocycles. The second-order valence-corrected chi connectivity index (χ2v) is 0.544. The Morgan fingerprint density at radius 3 is 2.50 bits per heavy atom. The molecule has 36 valence electrons. The van der Waals surface area contributed by atoms with Gasteiger partial charge in [-0.2, -0.15) is 5.48 Å². The molecule has 0 aliphatic rings.